The van der Waals surface area contributed by atoms with E-state index in [2.05, 4.69) is 16.3 Å². The summed E-state index contributed by atoms with van der Waals surface area (Å²) in [5.41, 5.74) is 3.68. The molecule has 0 spiro atoms. The Morgan fingerprint density at radius 2 is 1.94 bits per heavy atom. The normalized spacial score (nSPS) is 16.5. The average Bonchev–Trinajstić information content (AvgIpc) is 2.82. The lowest BCUT2D eigenvalue weighted by molar-refractivity contribution is 0.861. The van der Waals surface area contributed by atoms with E-state index in [1.54, 1.807) is 6.07 Å². The van der Waals surface area contributed by atoms with Crippen molar-refractivity contribution in [3.8, 4) is 6.07 Å². The second kappa shape index (κ2) is 3.84. The molecule has 0 fully saturated rings. The molecule has 80 valence electrons. The van der Waals surface area contributed by atoms with Gasteiger partial charge in [-0.25, -0.2) is 0 Å². The summed E-state index contributed by atoms with van der Waals surface area (Å²) in [5.74, 6) is 0. The largest absolute Gasteiger partial charge is 0.192 e. The fourth-order valence-electron chi connectivity index (χ4n) is 2.02. The first kappa shape index (κ1) is 9.73. The van der Waals surface area contributed by atoms with Crippen LogP contribution in [0.2, 0.25) is 0 Å². The summed E-state index contributed by atoms with van der Waals surface area (Å²) in [6.07, 6.45) is 0. The van der Waals surface area contributed by atoms with Crippen molar-refractivity contribution in [1.29, 1.82) is 5.26 Å². The Morgan fingerprint density at radius 3 is 2.82 bits per heavy atom. The third-order valence-corrected chi connectivity index (χ3v) is 2.84. The summed E-state index contributed by atoms with van der Waals surface area (Å²) in [6.45, 7) is 0. The number of nitriles is 1. The quantitative estimate of drug-likeness (QED) is 0.720. The summed E-state index contributed by atoms with van der Waals surface area (Å²) >= 11 is 0. The molecule has 17 heavy (non-hydrogen) atoms. The molecule has 0 radical (unpaired) electrons. The average molecular weight is 219 g/mol. The highest BCUT2D eigenvalue weighted by Gasteiger charge is 2.21. The van der Waals surface area contributed by atoms with Gasteiger partial charge in [-0.3, -0.25) is 0 Å². The zero-order valence-electron chi connectivity index (χ0n) is 9.04. The van der Waals surface area contributed by atoms with Gasteiger partial charge in [-0.15, -0.1) is 0 Å². The molecule has 0 aromatic heterocycles. The van der Waals surface area contributed by atoms with Crippen molar-refractivity contribution in [2.24, 2.45) is 10.2 Å². The first-order valence-corrected chi connectivity index (χ1v) is 5.38. The molecule has 0 bridgehead atoms. The molecule has 2 aromatic carbocycles. The van der Waals surface area contributed by atoms with Gasteiger partial charge < -0.3 is 0 Å². The van der Waals surface area contributed by atoms with Crippen LogP contribution >= 0.6 is 0 Å². The van der Waals surface area contributed by atoms with Gasteiger partial charge in [0.05, 0.1) is 17.3 Å². The fraction of sp³-hybridized carbons (Fsp3) is 0.0714. The molecular formula is C14H9N3. The molecule has 1 unspecified atom stereocenters. The van der Waals surface area contributed by atoms with Crippen LogP contribution in [-0.4, -0.2) is 0 Å². The summed E-state index contributed by atoms with van der Waals surface area (Å²) in [5, 5.41) is 17.3. The van der Waals surface area contributed by atoms with Crippen LogP contribution in [0.3, 0.4) is 0 Å². The van der Waals surface area contributed by atoms with Crippen molar-refractivity contribution in [3.05, 3.63) is 65.2 Å². The molecule has 0 amide bonds. The Kier molecular flexibility index (Phi) is 2.20. The minimum atomic E-state index is -0.0699. The zero-order chi connectivity index (χ0) is 11.7. The van der Waals surface area contributed by atoms with Gasteiger partial charge in [0.15, 0.2) is 0 Å². The molecule has 0 aliphatic carbocycles. The van der Waals surface area contributed by atoms with E-state index in [1.165, 1.54) is 0 Å². The third kappa shape index (κ3) is 1.60. The van der Waals surface area contributed by atoms with Crippen LogP contribution in [-0.2, 0) is 0 Å². The molecule has 1 aliphatic rings. The van der Waals surface area contributed by atoms with Crippen LogP contribution < -0.4 is 0 Å². The number of azo groups is 1. The Morgan fingerprint density at radius 1 is 1.06 bits per heavy atom. The van der Waals surface area contributed by atoms with E-state index in [1.807, 2.05) is 42.5 Å². The highest BCUT2D eigenvalue weighted by molar-refractivity contribution is 5.53. The smallest absolute Gasteiger partial charge is 0.123 e. The maximum absolute atomic E-state index is 8.90. The van der Waals surface area contributed by atoms with E-state index in [-0.39, 0.29) is 6.04 Å². The van der Waals surface area contributed by atoms with Crippen molar-refractivity contribution in [2.45, 2.75) is 6.04 Å². The minimum Gasteiger partial charge on any atom is -0.192 e. The molecule has 0 N–H and O–H groups in total. The van der Waals surface area contributed by atoms with Crippen molar-refractivity contribution in [3.63, 3.8) is 0 Å². The van der Waals surface area contributed by atoms with Gasteiger partial charge in [0, 0.05) is 5.56 Å². The molecule has 1 aliphatic heterocycles. The Balaban J connectivity index is 2.08. The molecule has 0 saturated heterocycles. The monoisotopic (exact) mass is 219 g/mol. The van der Waals surface area contributed by atoms with E-state index in [0.717, 1.165) is 16.8 Å². The Labute approximate surface area is 99.1 Å². The predicted molar refractivity (Wildman–Crippen MR) is 64.0 cm³/mol. The number of rotatable bonds is 1. The van der Waals surface area contributed by atoms with Crippen LogP contribution in [0.4, 0.5) is 5.69 Å². The number of fused-ring (bicyclic) bond motifs is 1. The van der Waals surface area contributed by atoms with Gasteiger partial charge in [0.25, 0.3) is 0 Å². The van der Waals surface area contributed by atoms with Crippen molar-refractivity contribution in [2.75, 3.05) is 0 Å². The van der Waals surface area contributed by atoms with Crippen LogP contribution in [0.15, 0.2) is 58.8 Å². The maximum atomic E-state index is 8.90. The van der Waals surface area contributed by atoms with Gasteiger partial charge in [-0.05, 0) is 23.8 Å². The maximum Gasteiger partial charge on any atom is 0.123 e. The molecule has 3 nitrogen and oxygen atoms in total. The van der Waals surface area contributed by atoms with Crippen LogP contribution in [0, 0.1) is 11.3 Å². The Hall–Kier alpha value is -2.47. The number of hydrogen-bond acceptors (Lipinski definition) is 3. The van der Waals surface area contributed by atoms with Crippen molar-refractivity contribution >= 4 is 5.69 Å². The fourth-order valence-corrected chi connectivity index (χ4v) is 2.02. The highest BCUT2D eigenvalue weighted by atomic mass is 15.2. The van der Waals surface area contributed by atoms with Gasteiger partial charge >= 0.3 is 0 Å². The first-order valence-electron chi connectivity index (χ1n) is 5.38. The standard InChI is InChI=1S/C14H9N3/c15-9-10-4-3-5-11(8-10)14-12-6-1-2-7-13(12)16-17-14/h1-8,14H. The summed E-state index contributed by atoms with van der Waals surface area (Å²) in [6, 6.07) is 17.5. The molecule has 0 saturated carbocycles. The number of hydrogen-bond donors (Lipinski definition) is 0. The molecule has 1 heterocycles. The number of benzene rings is 2. The lowest BCUT2D eigenvalue weighted by atomic mass is 9.98. The summed E-state index contributed by atoms with van der Waals surface area (Å²) in [7, 11) is 0. The van der Waals surface area contributed by atoms with Gasteiger partial charge in [-0.2, -0.15) is 15.5 Å². The lowest BCUT2D eigenvalue weighted by Gasteiger charge is -2.08. The highest BCUT2D eigenvalue weighted by Crippen LogP contribution is 2.39. The SMILES string of the molecule is N#Cc1cccc(C2N=Nc3ccccc32)c1. The van der Waals surface area contributed by atoms with Gasteiger partial charge in [0.2, 0.25) is 0 Å². The van der Waals surface area contributed by atoms with E-state index >= 15 is 0 Å². The topological polar surface area (TPSA) is 48.5 Å². The lowest BCUT2D eigenvalue weighted by Crippen LogP contribution is -1.94. The van der Waals surface area contributed by atoms with Crippen molar-refractivity contribution in [1.82, 2.24) is 0 Å². The molecular weight excluding hydrogens is 210 g/mol. The summed E-state index contributed by atoms with van der Waals surface area (Å²) < 4.78 is 0. The zero-order valence-corrected chi connectivity index (χ0v) is 9.04. The van der Waals surface area contributed by atoms with E-state index in [0.29, 0.717) is 5.56 Å². The first-order chi connectivity index (χ1) is 8.38. The molecule has 3 rings (SSSR count). The second-order valence-electron chi connectivity index (χ2n) is 3.91. The minimum absolute atomic E-state index is 0.0699. The van der Waals surface area contributed by atoms with E-state index in [9.17, 15) is 0 Å². The van der Waals surface area contributed by atoms with E-state index < -0.39 is 0 Å². The van der Waals surface area contributed by atoms with E-state index in [4.69, 9.17) is 5.26 Å². The third-order valence-electron chi connectivity index (χ3n) is 2.84. The van der Waals surface area contributed by atoms with Crippen LogP contribution in [0.25, 0.3) is 0 Å². The van der Waals surface area contributed by atoms with Crippen molar-refractivity contribution < 1.29 is 0 Å². The predicted octanol–water partition coefficient (Wildman–Crippen LogP) is 3.74. The Bertz CT molecular complexity index is 638. The van der Waals surface area contributed by atoms with Gasteiger partial charge in [-0.1, -0.05) is 30.3 Å². The molecule has 1 atom stereocenters. The summed E-state index contributed by atoms with van der Waals surface area (Å²) in [4.78, 5) is 0. The second-order valence-corrected chi connectivity index (χ2v) is 3.91. The van der Waals surface area contributed by atoms with Crippen LogP contribution in [0.1, 0.15) is 22.7 Å². The van der Waals surface area contributed by atoms with Crippen LogP contribution in [0.5, 0.6) is 0 Å². The molecule has 3 heteroatoms. The van der Waals surface area contributed by atoms with Gasteiger partial charge in [0.1, 0.15) is 6.04 Å². The molecule has 2 aromatic rings. The number of nitrogens with zero attached hydrogens (tertiary/aromatic N) is 3.